The summed E-state index contributed by atoms with van der Waals surface area (Å²) in [6.45, 7) is 11.7. The van der Waals surface area contributed by atoms with Gasteiger partial charge in [-0.25, -0.2) is 0 Å². The van der Waals surface area contributed by atoms with Gasteiger partial charge in [-0.3, -0.25) is 0 Å². The maximum atomic E-state index is 2.52. The number of nitrogens with zero attached hydrogens (tertiary/aromatic N) is 1. The van der Waals surface area contributed by atoms with E-state index in [4.69, 9.17) is 0 Å². The minimum atomic E-state index is -0.0902. The van der Waals surface area contributed by atoms with E-state index in [-0.39, 0.29) is 10.8 Å². The maximum absolute atomic E-state index is 2.52. The second kappa shape index (κ2) is 8.08. The van der Waals surface area contributed by atoms with Crippen LogP contribution in [0.15, 0.2) is 109 Å². The molecule has 0 N–H and O–H groups in total. The average molecular weight is 494 g/mol. The van der Waals surface area contributed by atoms with E-state index in [2.05, 4.69) is 142 Å². The summed E-state index contributed by atoms with van der Waals surface area (Å²) in [5.74, 6) is 0.412. The molecular weight excluding hydrogens is 458 g/mol. The van der Waals surface area contributed by atoms with Crippen molar-refractivity contribution in [3.63, 3.8) is 0 Å². The fraction of sp³-hybridized carbons (Fsp3) is 0.243. The zero-order chi connectivity index (χ0) is 26.2. The van der Waals surface area contributed by atoms with Gasteiger partial charge in [-0.2, -0.15) is 0 Å². The smallest absolute Gasteiger partial charge is 0.0582 e. The highest BCUT2D eigenvalue weighted by molar-refractivity contribution is 6.13. The van der Waals surface area contributed by atoms with Crippen LogP contribution in [0.3, 0.4) is 0 Å². The van der Waals surface area contributed by atoms with E-state index in [1.165, 1.54) is 60.9 Å². The Kier molecular flexibility index (Phi) is 4.95. The van der Waals surface area contributed by atoms with Gasteiger partial charge in [-0.1, -0.05) is 107 Å². The summed E-state index contributed by atoms with van der Waals surface area (Å²) in [5.41, 5.74) is 12.2. The van der Waals surface area contributed by atoms with E-state index in [0.717, 1.165) is 6.42 Å². The summed E-state index contributed by atoms with van der Waals surface area (Å²) < 4.78 is 2.52. The lowest BCUT2D eigenvalue weighted by Crippen LogP contribution is -2.26. The number of aromatic nitrogens is 1. The van der Waals surface area contributed by atoms with Crippen molar-refractivity contribution in [2.24, 2.45) is 5.41 Å². The molecule has 4 aromatic carbocycles. The standard InChI is InChI=1S/C37H35N/c1-36(2,3)28-18-15-25(16-19-28)26-17-20-33-29(21-26)30-22-27(24-11-7-6-8-12-24)23-32-35(30)38(33)34-14-10-9-13-31(34)37(32,4)5/h6-15,17-23,25H,16H2,1-5H3. The van der Waals surface area contributed by atoms with Gasteiger partial charge in [0.05, 0.1) is 16.7 Å². The molecule has 0 fully saturated rings. The van der Waals surface area contributed by atoms with Crippen molar-refractivity contribution in [3.8, 4) is 16.8 Å². The van der Waals surface area contributed by atoms with Crippen LogP contribution >= 0.6 is 0 Å². The number of para-hydroxylation sites is 1. The molecule has 1 nitrogen and oxygen atoms in total. The highest BCUT2D eigenvalue weighted by Gasteiger charge is 2.35. The third-order valence-corrected chi connectivity index (χ3v) is 8.88. The van der Waals surface area contributed by atoms with Gasteiger partial charge in [-0.15, -0.1) is 0 Å². The molecule has 0 saturated carbocycles. The Morgan fingerprint density at radius 1 is 0.763 bits per heavy atom. The number of hydrogen-bond acceptors (Lipinski definition) is 0. The SMILES string of the molecule is CC(C)(C)C1=CCC(c2ccc3c(c2)c2cc(-c4ccccc4)cc4c2n3-c2ccccc2C4(C)C)C=C1. The molecule has 1 heteroatoms. The Morgan fingerprint density at radius 2 is 1.53 bits per heavy atom. The Bertz CT molecular complexity index is 1780. The average Bonchev–Trinajstić information content (AvgIpc) is 3.26. The second-order valence-corrected chi connectivity index (χ2v) is 12.7. The highest BCUT2D eigenvalue weighted by Crippen LogP contribution is 2.49. The minimum Gasteiger partial charge on any atom is -0.309 e. The predicted octanol–water partition coefficient (Wildman–Crippen LogP) is 10.1. The van der Waals surface area contributed by atoms with Gasteiger partial charge >= 0.3 is 0 Å². The van der Waals surface area contributed by atoms with Crippen molar-refractivity contribution in [2.45, 2.75) is 52.4 Å². The quantitative estimate of drug-likeness (QED) is 0.230. The normalized spacial score (nSPS) is 18.0. The fourth-order valence-corrected chi connectivity index (χ4v) is 6.69. The molecule has 1 aromatic heterocycles. The molecule has 1 unspecified atom stereocenters. The van der Waals surface area contributed by atoms with Gasteiger partial charge in [0.15, 0.2) is 0 Å². The molecule has 38 heavy (non-hydrogen) atoms. The number of allylic oxidation sites excluding steroid dienone is 4. The molecule has 0 spiro atoms. The molecule has 2 aliphatic rings. The van der Waals surface area contributed by atoms with Crippen LogP contribution in [0, 0.1) is 5.41 Å². The third-order valence-electron chi connectivity index (χ3n) is 8.88. The van der Waals surface area contributed by atoms with Crippen molar-refractivity contribution in [1.82, 2.24) is 4.57 Å². The van der Waals surface area contributed by atoms with Crippen LogP contribution in [-0.4, -0.2) is 4.57 Å². The first kappa shape index (κ1) is 23.3. The summed E-state index contributed by atoms with van der Waals surface area (Å²) in [6, 6.07) is 31.9. The first-order valence-corrected chi connectivity index (χ1v) is 13.9. The zero-order valence-electron chi connectivity index (χ0n) is 23.0. The number of benzene rings is 4. The second-order valence-electron chi connectivity index (χ2n) is 12.7. The van der Waals surface area contributed by atoms with Gasteiger partial charge in [0.25, 0.3) is 0 Å². The van der Waals surface area contributed by atoms with Gasteiger partial charge in [0.1, 0.15) is 0 Å². The topological polar surface area (TPSA) is 4.93 Å². The first-order valence-electron chi connectivity index (χ1n) is 13.9. The molecule has 188 valence electrons. The third kappa shape index (κ3) is 3.38. The van der Waals surface area contributed by atoms with E-state index in [9.17, 15) is 0 Å². The largest absolute Gasteiger partial charge is 0.309 e. The monoisotopic (exact) mass is 493 g/mol. The van der Waals surface area contributed by atoms with Crippen LogP contribution in [-0.2, 0) is 5.41 Å². The van der Waals surface area contributed by atoms with Gasteiger partial charge < -0.3 is 4.57 Å². The number of fused-ring (bicyclic) bond motifs is 5. The van der Waals surface area contributed by atoms with Crippen molar-refractivity contribution >= 4 is 21.8 Å². The van der Waals surface area contributed by atoms with Crippen molar-refractivity contribution in [2.75, 3.05) is 0 Å². The Labute approximate surface area is 226 Å². The van der Waals surface area contributed by atoms with Crippen molar-refractivity contribution in [1.29, 1.82) is 0 Å². The van der Waals surface area contributed by atoms with E-state index < -0.39 is 0 Å². The summed E-state index contributed by atoms with van der Waals surface area (Å²) in [4.78, 5) is 0. The van der Waals surface area contributed by atoms with Gasteiger partial charge in [0, 0.05) is 22.1 Å². The zero-order valence-corrected chi connectivity index (χ0v) is 23.0. The number of rotatable bonds is 2. The van der Waals surface area contributed by atoms with E-state index in [1.54, 1.807) is 0 Å². The summed E-state index contributed by atoms with van der Waals surface area (Å²) >= 11 is 0. The molecular formula is C37H35N. The molecule has 1 aliphatic heterocycles. The predicted molar refractivity (Wildman–Crippen MR) is 162 cm³/mol. The van der Waals surface area contributed by atoms with Crippen LogP contribution in [0.25, 0.3) is 38.6 Å². The lowest BCUT2D eigenvalue weighted by atomic mass is 9.74. The lowest BCUT2D eigenvalue weighted by molar-refractivity contribution is 0.510. The Hall–Kier alpha value is -3.84. The molecule has 0 bridgehead atoms. The van der Waals surface area contributed by atoms with Gasteiger partial charge in [0.2, 0.25) is 0 Å². The Morgan fingerprint density at radius 3 is 2.26 bits per heavy atom. The minimum absolute atomic E-state index is 0.0902. The molecule has 5 aromatic rings. The highest BCUT2D eigenvalue weighted by atomic mass is 15.0. The molecule has 7 rings (SSSR count). The summed E-state index contributed by atoms with van der Waals surface area (Å²) in [6.07, 6.45) is 8.26. The lowest BCUT2D eigenvalue weighted by Gasteiger charge is -2.35. The molecule has 0 saturated heterocycles. The summed E-state index contributed by atoms with van der Waals surface area (Å²) in [5, 5.41) is 2.70. The van der Waals surface area contributed by atoms with E-state index >= 15 is 0 Å². The number of hydrogen-bond donors (Lipinski definition) is 0. The van der Waals surface area contributed by atoms with Crippen molar-refractivity contribution in [3.05, 3.63) is 125 Å². The van der Waals surface area contributed by atoms with Crippen LogP contribution in [0.5, 0.6) is 0 Å². The van der Waals surface area contributed by atoms with Crippen LogP contribution in [0.4, 0.5) is 0 Å². The van der Waals surface area contributed by atoms with Crippen LogP contribution in [0.2, 0.25) is 0 Å². The molecule has 2 heterocycles. The van der Waals surface area contributed by atoms with Crippen LogP contribution in [0.1, 0.15) is 63.6 Å². The van der Waals surface area contributed by atoms with E-state index in [1.807, 2.05) is 0 Å². The van der Waals surface area contributed by atoms with Crippen molar-refractivity contribution < 1.29 is 0 Å². The fourth-order valence-electron chi connectivity index (χ4n) is 6.69. The molecule has 0 amide bonds. The maximum Gasteiger partial charge on any atom is 0.0582 e. The Balaban J connectivity index is 1.50. The van der Waals surface area contributed by atoms with E-state index in [0.29, 0.717) is 5.92 Å². The first-order chi connectivity index (χ1) is 18.2. The molecule has 0 radical (unpaired) electrons. The molecule has 1 aliphatic carbocycles. The van der Waals surface area contributed by atoms with Crippen LogP contribution < -0.4 is 0 Å². The van der Waals surface area contributed by atoms with Gasteiger partial charge in [-0.05, 0) is 75.6 Å². The molecule has 1 atom stereocenters. The summed E-state index contributed by atoms with van der Waals surface area (Å²) in [7, 11) is 0.